The summed E-state index contributed by atoms with van der Waals surface area (Å²) in [6.45, 7) is 4.37. The van der Waals surface area contributed by atoms with Crippen LogP contribution >= 0.6 is 0 Å². The minimum atomic E-state index is -0.304. The number of carbonyl (C=O) groups is 1. The summed E-state index contributed by atoms with van der Waals surface area (Å²) < 4.78 is 15.7. The number of nitrogens with zero attached hydrogens (tertiary/aromatic N) is 1. The number of ether oxygens (including phenoxy) is 3. The third-order valence-electron chi connectivity index (χ3n) is 3.46. The zero-order valence-electron chi connectivity index (χ0n) is 12.7. The van der Waals surface area contributed by atoms with Crippen molar-refractivity contribution >= 4 is 11.6 Å². The van der Waals surface area contributed by atoms with Gasteiger partial charge in [-0.15, -0.1) is 0 Å². The molecule has 0 radical (unpaired) electrons. The van der Waals surface area contributed by atoms with Crippen LogP contribution in [0, 0.1) is 0 Å². The standard InChI is InChI=1S/C15H22N2O4/c1-11(15(18)17-6-8-21-9-7-17)16-12-4-5-13(19-2)14(10-12)20-3/h4-5,10-11,16H,6-9H2,1-3H3. The summed E-state index contributed by atoms with van der Waals surface area (Å²) in [5.74, 6) is 1.37. The molecule has 6 nitrogen and oxygen atoms in total. The summed E-state index contributed by atoms with van der Waals surface area (Å²) in [6, 6.07) is 5.20. The van der Waals surface area contributed by atoms with Crippen molar-refractivity contribution in [1.29, 1.82) is 0 Å². The molecule has 6 heteroatoms. The molecule has 1 fully saturated rings. The van der Waals surface area contributed by atoms with Crippen molar-refractivity contribution in [2.45, 2.75) is 13.0 Å². The van der Waals surface area contributed by atoms with Gasteiger partial charge in [0.15, 0.2) is 11.5 Å². The van der Waals surface area contributed by atoms with E-state index in [2.05, 4.69) is 5.32 Å². The summed E-state index contributed by atoms with van der Waals surface area (Å²) in [7, 11) is 3.18. The van der Waals surface area contributed by atoms with E-state index < -0.39 is 0 Å². The van der Waals surface area contributed by atoms with Crippen LogP contribution in [0.15, 0.2) is 18.2 Å². The Bertz CT molecular complexity index is 487. The number of methoxy groups -OCH3 is 2. The van der Waals surface area contributed by atoms with Gasteiger partial charge in [-0.05, 0) is 19.1 Å². The number of nitrogens with one attached hydrogen (secondary N) is 1. The topological polar surface area (TPSA) is 60.0 Å². The Hall–Kier alpha value is -1.95. The highest BCUT2D eigenvalue weighted by molar-refractivity contribution is 5.84. The molecule has 1 heterocycles. The van der Waals surface area contributed by atoms with E-state index in [1.54, 1.807) is 14.2 Å². The number of benzene rings is 1. The minimum absolute atomic E-state index is 0.0769. The van der Waals surface area contributed by atoms with Crippen LogP contribution in [0.5, 0.6) is 11.5 Å². The number of anilines is 1. The first-order valence-corrected chi connectivity index (χ1v) is 7.01. The molecule has 1 saturated heterocycles. The van der Waals surface area contributed by atoms with Gasteiger partial charge in [0, 0.05) is 24.8 Å². The molecule has 0 aromatic heterocycles. The Morgan fingerprint density at radius 1 is 1.24 bits per heavy atom. The second kappa shape index (κ2) is 7.17. The molecule has 1 aromatic carbocycles. The van der Waals surface area contributed by atoms with E-state index in [0.717, 1.165) is 5.69 Å². The van der Waals surface area contributed by atoms with Gasteiger partial charge in [-0.2, -0.15) is 0 Å². The summed E-state index contributed by atoms with van der Waals surface area (Å²) in [5.41, 5.74) is 0.821. The zero-order valence-corrected chi connectivity index (χ0v) is 12.7. The van der Waals surface area contributed by atoms with Crippen molar-refractivity contribution < 1.29 is 19.0 Å². The first-order chi connectivity index (χ1) is 10.2. The van der Waals surface area contributed by atoms with E-state index in [1.165, 1.54) is 0 Å². The molecular formula is C15H22N2O4. The lowest BCUT2D eigenvalue weighted by atomic mass is 10.2. The Morgan fingerprint density at radius 2 is 1.90 bits per heavy atom. The van der Waals surface area contributed by atoms with Gasteiger partial charge in [0.1, 0.15) is 6.04 Å². The molecule has 1 amide bonds. The molecule has 0 spiro atoms. The highest BCUT2D eigenvalue weighted by Crippen LogP contribution is 2.30. The first-order valence-electron chi connectivity index (χ1n) is 7.01. The van der Waals surface area contributed by atoms with Gasteiger partial charge < -0.3 is 24.4 Å². The summed E-state index contributed by atoms with van der Waals surface area (Å²) in [6.07, 6.45) is 0. The van der Waals surface area contributed by atoms with Gasteiger partial charge in [0.05, 0.1) is 27.4 Å². The Morgan fingerprint density at radius 3 is 2.52 bits per heavy atom. The molecule has 0 bridgehead atoms. The molecular weight excluding hydrogens is 272 g/mol. The first kappa shape index (κ1) is 15.4. The summed E-state index contributed by atoms with van der Waals surface area (Å²) in [4.78, 5) is 14.2. The van der Waals surface area contributed by atoms with E-state index in [4.69, 9.17) is 14.2 Å². The molecule has 21 heavy (non-hydrogen) atoms. The lowest BCUT2D eigenvalue weighted by Gasteiger charge is -2.29. The largest absolute Gasteiger partial charge is 0.493 e. The molecule has 1 unspecified atom stereocenters. The van der Waals surface area contributed by atoms with Crippen LogP contribution in [-0.2, 0) is 9.53 Å². The molecule has 1 aliphatic heterocycles. The number of morpholine rings is 1. The average Bonchev–Trinajstić information content (AvgIpc) is 2.54. The number of hydrogen-bond donors (Lipinski definition) is 1. The van der Waals surface area contributed by atoms with Gasteiger partial charge in [0.25, 0.3) is 0 Å². The molecule has 1 N–H and O–H groups in total. The van der Waals surface area contributed by atoms with E-state index >= 15 is 0 Å². The maximum Gasteiger partial charge on any atom is 0.244 e. The Kier molecular flexibility index (Phi) is 5.27. The highest BCUT2D eigenvalue weighted by atomic mass is 16.5. The van der Waals surface area contributed by atoms with Crippen LogP contribution in [0.2, 0.25) is 0 Å². The number of hydrogen-bond acceptors (Lipinski definition) is 5. The number of carbonyl (C=O) groups excluding carboxylic acids is 1. The number of rotatable bonds is 5. The number of amides is 1. The molecule has 0 saturated carbocycles. The van der Waals surface area contributed by atoms with Crippen LogP contribution < -0.4 is 14.8 Å². The van der Waals surface area contributed by atoms with Crippen LogP contribution in [0.25, 0.3) is 0 Å². The minimum Gasteiger partial charge on any atom is -0.493 e. The van der Waals surface area contributed by atoms with Crippen LogP contribution in [0.4, 0.5) is 5.69 Å². The van der Waals surface area contributed by atoms with Crippen LogP contribution in [0.3, 0.4) is 0 Å². The molecule has 116 valence electrons. The second-order valence-electron chi connectivity index (χ2n) is 4.87. The van der Waals surface area contributed by atoms with Crippen molar-refractivity contribution in [2.75, 3.05) is 45.8 Å². The maximum absolute atomic E-state index is 12.3. The van der Waals surface area contributed by atoms with Crippen molar-refractivity contribution in [3.05, 3.63) is 18.2 Å². The van der Waals surface area contributed by atoms with Crippen molar-refractivity contribution in [3.8, 4) is 11.5 Å². The van der Waals surface area contributed by atoms with Gasteiger partial charge in [-0.3, -0.25) is 4.79 Å². The zero-order chi connectivity index (χ0) is 15.2. The Balaban J connectivity index is 2.01. The van der Waals surface area contributed by atoms with E-state index in [0.29, 0.717) is 37.8 Å². The molecule has 0 aliphatic carbocycles. The Labute approximate surface area is 125 Å². The second-order valence-corrected chi connectivity index (χ2v) is 4.87. The van der Waals surface area contributed by atoms with E-state index in [9.17, 15) is 4.79 Å². The summed E-state index contributed by atoms with van der Waals surface area (Å²) >= 11 is 0. The van der Waals surface area contributed by atoms with Crippen molar-refractivity contribution in [2.24, 2.45) is 0 Å². The van der Waals surface area contributed by atoms with Gasteiger partial charge in [-0.1, -0.05) is 0 Å². The van der Waals surface area contributed by atoms with Crippen molar-refractivity contribution in [1.82, 2.24) is 4.90 Å². The quantitative estimate of drug-likeness (QED) is 0.888. The highest BCUT2D eigenvalue weighted by Gasteiger charge is 2.22. The predicted molar refractivity (Wildman–Crippen MR) is 80.0 cm³/mol. The molecule has 1 atom stereocenters. The molecule has 2 rings (SSSR count). The fourth-order valence-corrected chi connectivity index (χ4v) is 2.30. The normalized spacial score (nSPS) is 16.2. The van der Waals surface area contributed by atoms with Gasteiger partial charge in [0.2, 0.25) is 5.91 Å². The monoisotopic (exact) mass is 294 g/mol. The lowest BCUT2D eigenvalue weighted by Crippen LogP contribution is -2.46. The average molecular weight is 294 g/mol. The van der Waals surface area contributed by atoms with Crippen molar-refractivity contribution in [3.63, 3.8) is 0 Å². The third-order valence-corrected chi connectivity index (χ3v) is 3.46. The fourth-order valence-electron chi connectivity index (χ4n) is 2.30. The lowest BCUT2D eigenvalue weighted by molar-refractivity contribution is -0.135. The molecule has 1 aliphatic rings. The summed E-state index contributed by atoms with van der Waals surface area (Å²) in [5, 5.41) is 3.20. The van der Waals surface area contributed by atoms with Crippen LogP contribution in [-0.4, -0.2) is 57.4 Å². The SMILES string of the molecule is COc1ccc(NC(C)C(=O)N2CCOCC2)cc1OC. The smallest absolute Gasteiger partial charge is 0.244 e. The van der Waals surface area contributed by atoms with E-state index in [-0.39, 0.29) is 11.9 Å². The maximum atomic E-state index is 12.3. The molecule has 1 aromatic rings. The fraction of sp³-hybridized carbons (Fsp3) is 0.533. The third kappa shape index (κ3) is 3.78. The van der Waals surface area contributed by atoms with Gasteiger partial charge >= 0.3 is 0 Å². The van der Waals surface area contributed by atoms with Gasteiger partial charge in [-0.25, -0.2) is 0 Å². The van der Waals surface area contributed by atoms with E-state index in [1.807, 2.05) is 30.0 Å². The predicted octanol–water partition coefficient (Wildman–Crippen LogP) is 1.36. The van der Waals surface area contributed by atoms with Crippen LogP contribution in [0.1, 0.15) is 6.92 Å².